The van der Waals surface area contributed by atoms with Crippen molar-refractivity contribution in [3.8, 4) is 23.3 Å². The molecule has 2 rings (SSSR count). The van der Waals surface area contributed by atoms with E-state index in [1.807, 2.05) is 42.5 Å². The highest BCUT2D eigenvalue weighted by Gasteiger charge is 2.07. The van der Waals surface area contributed by atoms with Crippen LogP contribution in [0.4, 0.5) is 0 Å². The highest BCUT2D eigenvalue weighted by molar-refractivity contribution is 5.43. The molecule has 0 saturated heterocycles. The smallest absolute Gasteiger partial charge is 0.161 e. The number of ether oxygens (including phenoxy) is 3. The molecule has 0 amide bonds. The first-order chi connectivity index (χ1) is 12.3. The van der Waals surface area contributed by atoms with Crippen LogP contribution in [0.15, 0.2) is 42.5 Å². The molecule has 0 bridgehead atoms. The third kappa shape index (κ3) is 5.70. The van der Waals surface area contributed by atoms with Gasteiger partial charge >= 0.3 is 0 Å². The minimum Gasteiger partial charge on any atom is -0.496 e. The van der Waals surface area contributed by atoms with Crippen LogP contribution in [0.3, 0.4) is 0 Å². The molecule has 132 valence electrons. The lowest BCUT2D eigenvalue weighted by molar-refractivity contribution is 0.290. The molecule has 0 aromatic heterocycles. The summed E-state index contributed by atoms with van der Waals surface area (Å²) >= 11 is 0. The van der Waals surface area contributed by atoms with E-state index in [1.165, 1.54) is 0 Å². The van der Waals surface area contributed by atoms with Crippen LogP contribution in [0, 0.1) is 11.3 Å². The molecule has 0 spiro atoms. The van der Waals surface area contributed by atoms with Gasteiger partial charge in [0.2, 0.25) is 0 Å². The number of nitriles is 1. The molecule has 0 saturated carbocycles. The molecular weight excluding hydrogens is 316 g/mol. The first-order valence-corrected chi connectivity index (χ1v) is 8.27. The van der Waals surface area contributed by atoms with Crippen LogP contribution >= 0.6 is 0 Å². The van der Waals surface area contributed by atoms with Crippen LogP contribution in [0.1, 0.15) is 24.0 Å². The number of nitrogens with one attached hydrogen (secondary N) is 1. The van der Waals surface area contributed by atoms with Gasteiger partial charge in [-0.05, 0) is 30.2 Å². The van der Waals surface area contributed by atoms with Crippen molar-refractivity contribution in [1.29, 1.82) is 5.26 Å². The molecule has 0 unspecified atom stereocenters. The number of rotatable bonds is 10. The quantitative estimate of drug-likeness (QED) is 0.669. The molecule has 0 atom stereocenters. The summed E-state index contributed by atoms with van der Waals surface area (Å²) in [6.45, 7) is 1.92. The Balaban J connectivity index is 1.94. The van der Waals surface area contributed by atoms with E-state index in [0.717, 1.165) is 16.9 Å². The predicted octanol–water partition coefficient (Wildman–Crippen LogP) is 3.68. The van der Waals surface area contributed by atoms with E-state index in [9.17, 15) is 0 Å². The fourth-order valence-electron chi connectivity index (χ4n) is 2.47. The van der Waals surface area contributed by atoms with E-state index < -0.39 is 0 Å². The van der Waals surface area contributed by atoms with Gasteiger partial charge in [-0.3, -0.25) is 0 Å². The van der Waals surface area contributed by atoms with Gasteiger partial charge < -0.3 is 19.5 Å². The zero-order valence-electron chi connectivity index (χ0n) is 14.7. The Kier molecular flexibility index (Phi) is 7.61. The fraction of sp³-hybridized carbons (Fsp3) is 0.350. The normalized spacial score (nSPS) is 10.1. The molecule has 0 heterocycles. The second kappa shape index (κ2) is 10.2. The van der Waals surface area contributed by atoms with Gasteiger partial charge in [-0.15, -0.1) is 0 Å². The van der Waals surface area contributed by atoms with E-state index in [0.29, 0.717) is 44.0 Å². The molecular formula is C20H24N2O3. The second-order valence-electron chi connectivity index (χ2n) is 5.51. The van der Waals surface area contributed by atoms with Gasteiger partial charge in [0.25, 0.3) is 0 Å². The molecule has 2 aromatic carbocycles. The number of para-hydroxylation sites is 1. The summed E-state index contributed by atoms with van der Waals surface area (Å²) in [6.07, 6.45) is 1.19. The summed E-state index contributed by atoms with van der Waals surface area (Å²) in [5.74, 6) is 2.29. The van der Waals surface area contributed by atoms with Gasteiger partial charge in [-0.2, -0.15) is 5.26 Å². The molecule has 0 aliphatic carbocycles. The number of hydrogen-bond acceptors (Lipinski definition) is 5. The van der Waals surface area contributed by atoms with Crippen LogP contribution < -0.4 is 19.5 Å². The molecule has 5 nitrogen and oxygen atoms in total. The molecule has 0 radical (unpaired) electrons. The van der Waals surface area contributed by atoms with Crippen molar-refractivity contribution in [3.63, 3.8) is 0 Å². The average molecular weight is 340 g/mol. The van der Waals surface area contributed by atoms with Crippen LogP contribution in [0.5, 0.6) is 17.2 Å². The lowest BCUT2D eigenvalue weighted by Gasteiger charge is -2.13. The van der Waals surface area contributed by atoms with Gasteiger partial charge in [0.1, 0.15) is 5.75 Å². The van der Waals surface area contributed by atoms with Crippen molar-refractivity contribution in [2.75, 3.05) is 20.8 Å². The Labute approximate surface area is 149 Å². The maximum absolute atomic E-state index is 8.59. The Bertz CT molecular complexity index is 710. The summed E-state index contributed by atoms with van der Waals surface area (Å²) in [4.78, 5) is 0. The molecule has 0 aliphatic heterocycles. The summed E-state index contributed by atoms with van der Waals surface area (Å²) in [5, 5.41) is 12.0. The number of methoxy groups -OCH3 is 2. The zero-order chi connectivity index (χ0) is 17.9. The van der Waals surface area contributed by atoms with E-state index in [-0.39, 0.29) is 0 Å². The van der Waals surface area contributed by atoms with Gasteiger partial charge in [-0.1, -0.05) is 24.3 Å². The van der Waals surface area contributed by atoms with Crippen molar-refractivity contribution in [2.24, 2.45) is 0 Å². The van der Waals surface area contributed by atoms with Crippen molar-refractivity contribution < 1.29 is 14.2 Å². The highest BCUT2D eigenvalue weighted by atomic mass is 16.5. The maximum atomic E-state index is 8.59. The zero-order valence-corrected chi connectivity index (χ0v) is 14.7. The second-order valence-corrected chi connectivity index (χ2v) is 5.51. The first kappa shape index (κ1) is 18.6. The third-order valence-electron chi connectivity index (χ3n) is 3.76. The van der Waals surface area contributed by atoms with Gasteiger partial charge in [0, 0.05) is 25.1 Å². The average Bonchev–Trinajstić information content (AvgIpc) is 2.66. The molecule has 1 N–H and O–H groups in total. The van der Waals surface area contributed by atoms with Crippen LogP contribution in [0.2, 0.25) is 0 Å². The molecule has 0 fully saturated rings. The van der Waals surface area contributed by atoms with E-state index in [2.05, 4.69) is 11.4 Å². The topological polar surface area (TPSA) is 63.5 Å². The van der Waals surface area contributed by atoms with Gasteiger partial charge in [0.05, 0.1) is 26.9 Å². The summed E-state index contributed by atoms with van der Waals surface area (Å²) in [5.41, 5.74) is 2.22. The highest BCUT2D eigenvalue weighted by Crippen LogP contribution is 2.28. The van der Waals surface area contributed by atoms with E-state index >= 15 is 0 Å². The standard InChI is InChI=1S/C20H24N2O3/c1-23-18-8-4-3-7-17(18)15-22-14-16-9-10-19(24-2)20(13-16)25-12-6-5-11-21/h3-4,7-10,13,22H,5-6,12,14-15H2,1-2H3. The fourth-order valence-corrected chi connectivity index (χ4v) is 2.47. The van der Waals surface area contributed by atoms with Gasteiger partial charge in [-0.25, -0.2) is 0 Å². The van der Waals surface area contributed by atoms with Crippen molar-refractivity contribution in [2.45, 2.75) is 25.9 Å². The Morgan fingerprint density at radius 1 is 0.960 bits per heavy atom. The molecule has 0 aliphatic rings. The van der Waals surface area contributed by atoms with E-state index in [4.69, 9.17) is 19.5 Å². The van der Waals surface area contributed by atoms with Crippen LogP contribution in [-0.2, 0) is 13.1 Å². The number of unbranched alkanes of at least 4 members (excludes halogenated alkanes) is 1. The SMILES string of the molecule is COc1ccccc1CNCc1ccc(OC)c(OCCCC#N)c1. The molecule has 2 aromatic rings. The minimum absolute atomic E-state index is 0.489. The largest absolute Gasteiger partial charge is 0.496 e. The molecule has 5 heteroatoms. The summed E-state index contributed by atoms with van der Waals surface area (Å²) in [7, 11) is 3.30. The number of benzene rings is 2. The Morgan fingerprint density at radius 2 is 1.76 bits per heavy atom. The summed E-state index contributed by atoms with van der Waals surface area (Å²) < 4.78 is 16.4. The maximum Gasteiger partial charge on any atom is 0.161 e. The Hall–Kier alpha value is -2.71. The lowest BCUT2D eigenvalue weighted by Crippen LogP contribution is -2.13. The monoisotopic (exact) mass is 340 g/mol. The van der Waals surface area contributed by atoms with Crippen molar-refractivity contribution in [1.82, 2.24) is 5.32 Å². The van der Waals surface area contributed by atoms with Crippen LogP contribution in [-0.4, -0.2) is 20.8 Å². The predicted molar refractivity (Wildman–Crippen MR) is 96.9 cm³/mol. The first-order valence-electron chi connectivity index (χ1n) is 8.27. The number of hydrogen-bond donors (Lipinski definition) is 1. The third-order valence-corrected chi connectivity index (χ3v) is 3.76. The van der Waals surface area contributed by atoms with Gasteiger partial charge in [0.15, 0.2) is 11.5 Å². The van der Waals surface area contributed by atoms with E-state index in [1.54, 1.807) is 14.2 Å². The van der Waals surface area contributed by atoms with Crippen molar-refractivity contribution in [3.05, 3.63) is 53.6 Å². The lowest BCUT2D eigenvalue weighted by atomic mass is 10.1. The molecule has 25 heavy (non-hydrogen) atoms. The summed E-state index contributed by atoms with van der Waals surface area (Å²) in [6, 6.07) is 16.0. The minimum atomic E-state index is 0.489. The number of nitrogens with zero attached hydrogens (tertiary/aromatic N) is 1. The van der Waals surface area contributed by atoms with Crippen molar-refractivity contribution >= 4 is 0 Å². The van der Waals surface area contributed by atoms with Crippen LogP contribution in [0.25, 0.3) is 0 Å². The Morgan fingerprint density at radius 3 is 2.52 bits per heavy atom.